The minimum Gasteiger partial charge on any atom is -0.381 e. The van der Waals surface area contributed by atoms with Crippen molar-refractivity contribution >= 4 is 0 Å². The van der Waals surface area contributed by atoms with E-state index in [1.54, 1.807) is 7.11 Å². The Hall–Kier alpha value is -0.900. The fourth-order valence-electron chi connectivity index (χ4n) is 2.53. The molecule has 1 saturated heterocycles. The molecule has 106 valence electrons. The van der Waals surface area contributed by atoms with Crippen LogP contribution in [0.25, 0.3) is 0 Å². The van der Waals surface area contributed by atoms with Gasteiger partial charge in [-0.25, -0.2) is 0 Å². The minimum atomic E-state index is 0.513. The molecule has 1 fully saturated rings. The Morgan fingerprint density at radius 1 is 1.32 bits per heavy atom. The third-order valence-electron chi connectivity index (χ3n) is 3.86. The van der Waals surface area contributed by atoms with Gasteiger partial charge in [0.25, 0.3) is 0 Å². The standard InChI is InChI=1S/C16H25NO2/c1-13(16-4-3-9-19-12-16)17-10-14-5-7-15(8-6-14)11-18-2/h5-8,13,16-17H,3-4,9-12H2,1-2H3/t13-,16-/m0/s1. The highest BCUT2D eigenvalue weighted by Gasteiger charge is 2.19. The molecule has 1 heterocycles. The van der Waals surface area contributed by atoms with Crippen molar-refractivity contribution in [2.45, 2.75) is 39.0 Å². The molecule has 0 amide bonds. The second-order valence-electron chi connectivity index (χ2n) is 5.40. The average molecular weight is 263 g/mol. The van der Waals surface area contributed by atoms with Crippen LogP contribution in [0.15, 0.2) is 24.3 Å². The van der Waals surface area contributed by atoms with Crippen molar-refractivity contribution in [3.63, 3.8) is 0 Å². The minimum absolute atomic E-state index is 0.513. The van der Waals surface area contributed by atoms with Gasteiger partial charge in [0.2, 0.25) is 0 Å². The summed E-state index contributed by atoms with van der Waals surface area (Å²) in [5.41, 5.74) is 2.54. The Kier molecular flexibility index (Phi) is 5.83. The lowest BCUT2D eigenvalue weighted by molar-refractivity contribution is 0.0417. The van der Waals surface area contributed by atoms with E-state index in [0.717, 1.165) is 19.8 Å². The predicted molar refractivity (Wildman–Crippen MR) is 77.0 cm³/mol. The summed E-state index contributed by atoms with van der Waals surface area (Å²) in [4.78, 5) is 0. The molecule has 0 saturated carbocycles. The SMILES string of the molecule is COCc1ccc(CN[C@@H](C)[C@H]2CCCOC2)cc1. The van der Waals surface area contributed by atoms with Crippen molar-refractivity contribution in [1.82, 2.24) is 5.32 Å². The van der Waals surface area contributed by atoms with Crippen LogP contribution in [0.5, 0.6) is 0 Å². The zero-order chi connectivity index (χ0) is 13.5. The van der Waals surface area contributed by atoms with E-state index in [1.165, 1.54) is 24.0 Å². The first-order valence-corrected chi connectivity index (χ1v) is 7.17. The van der Waals surface area contributed by atoms with E-state index >= 15 is 0 Å². The van der Waals surface area contributed by atoms with Crippen molar-refractivity contribution in [3.05, 3.63) is 35.4 Å². The van der Waals surface area contributed by atoms with Gasteiger partial charge in [0.1, 0.15) is 0 Å². The predicted octanol–water partition coefficient (Wildman–Crippen LogP) is 2.74. The van der Waals surface area contributed by atoms with Crippen LogP contribution in [0, 0.1) is 5.92 Å². The van der Waals surface area contributed by atoms with Crippen LogP contribution >= 0.6 is 0 Å². The summed E-state index contributed by atoms with van der Waals surface area (Å²) in [7, 11) is 1.73. The summed E-state index contributed by atoms with van der Waals surface area (Å²) in [6.07, 6.45) is 2.48. The first-order chi connectivity index (χ1) is 9.29. The molecule has 0 radical (unpaired) electrons. The molecule has 0 unspecified atom stereocenters. The van der Waals surface area contributed by atoms with Crippen molar-refractivity contribution in [2.24, 2.45) is 5.92 Å². The first-order valence-electron chi connectivity index (χ1n) is 7.17. The van der Waals surface area contributed by atoms with Gasteiger partial charge in [-0.05, 0) is 36.8 Å². The molecule has 1 aliphatic heterocycles. The number of methoxy groups -OCH3 is 1. The maximum Gasteiger partial charge on any atom is 0.0713 e. The summed E-state index contributed by atoms with van der Waals surface area (Å²) < 4.78 is 10.7. The molecule has 3 heteroatoms. The fourth-order valence-corrected chi connectivity index (χ4v) is 2.53. The molecule has 0 aliphatic carbocycles. The Balaban J connectivity index is 1.77. The van der Waals surface area contributed by atoms with Gasteiger partial charge >= 0.3 is 0 Å². The monoisotopic (exact) mass is 263 g/mol. The van der Waals surface area contributed by atoms with E-state index in [-0.39, 0.29) is 0 Å². The third kappa shape index (κ3) is 4.60. The highest BCUT2D eigenvalue weighted by molar-refractivity contribution is 5.21. The van der Waals surface area contributed by atoms with Gasteiger partial charge in [0.05, 0.1) is 13.2 Å². The molecular weight excluding hydrogens is 238 g/mol. The van der Waals surface area contributed by atoms with Gasteiger partial charge < -0.3 is 14.8 Å². The molecule has 1 N–H and O–H groups in total. The van der Waals surface area contributed by atoms with Crippen LogP contribution in [-0.4, -0.2) is 26.4 Å². The second-order valence-corrected chi connectivity index (χ2v) is 5.40. The molecule has 0 spiro atoms. The lowest BCUT2D eigenvalue weighted by atomic mass is 9.95. The molecule has 0 aromatic heterocycles. The van der Waals surface area contributed by atoms with Gasteiger partial charge in [-0.2, -0.15) is 0 Å². The van der Waals surface area contributed by atoms with Crippen LogP contribution in [0.3, 0.4) is 0 Å². The fraction of sp³-hybridized carbons (Fsp3) is 0.625. The largest absolute Gasteiger partial charge is 0.381 e. The summed E-state index contributed by atoms with van der Waals surface area (Å²) in [6, 6.07) is 9.12. The highest BCUT2D eigenvalue weighted by Crippen LogP contribution is 2.17. The number of hydrogen-bond acceptors (Lipinski definition) is 3. The van der Waals surface area contributed by atoms with Gasteiger partial charge in [-0.15, -0.1) is 0 Å². The van der Waals surface area contributed by atoms with Gasteiger partial charge in [0.15, 0.2) is 0 Å². The molecule has 2 atom stereocenters. The van der Waals surface area contributed by atoms with E-state index in [9.17, 15) is 0 Å². The summed E-state index contributed by atoms with van der Waals surface area (Å²) >= 11 is 0. The van der Waals surface area contributed by atoms with E-state index in [1.807, 2.05) is 0 Å². The number of rotatable bonds is 6. The first kappa shape index (κ1) is 14.5. The smallest absolute Gasteiger partial charge is 0.0713 e. The molecule has 0 bridgehead atoms. The average Bonchev–Trinajstić information content (AvgIpc) is 2.47. The summed E-state index contributed by atoms with van der Waals surface area (Å²) in [5, 5.41) is 3.61. The van der Waals surface area contributed by atoms with Crippen LogP contribution in [0.1, 0.15) is 30.9 Å². The highest BCUT2D eigenvalue weighted by atomic mass is 16.5. The molecule has 2 rings (SSSR count). The van der Waals surface area contributed by atoms with E-state index in [4.69, 9.17) is 9.47 Å². The maximum atomic E-state index is 5.54. The topological polar surface area (TPSA) is 30.5 Å². The lowest BCUT2D eigenvalue weighted by Crippen LogP contribution is -2.37. The van der Waals surface area contributed by atoms with Crippen LogP contribution in [-0.2, 0) is 22.6 Å². The van der Waals surface area contributed by atoms with Crippen molar-refractivity contribution in [3.8, 4) is 0 Å². The van der Waals surface area contributed by atoms with E-state index < -0.39 is 0 Å². The Morgan fingerprint density at radius 3 is 2.68 bits per heavy atom. The summed E-state index contributed by atoms with van der Waals surface area (Å²) in [5.74, 6) is 0.654. The van der Waals surface area contributed by atoms with Crippen molar-refractivity contribution < 1.29 is 9.47 Å². The molecule has 1 aromatic rings. The van der Waals surface area contributed by atoms with Crippen molar-refractivity contribution in [2.75, 3.05) is 20.3 Å². The number of hydrogen-bond donors (Lipinski definition) is 1. The normalized spacial score (nSPS) is 21.3. The maximum absolute atomic E-state index is 5.54. The second kappa shape index (κ2) is 7.63. The molecule has 1 aliphatic rings. The quantitative estimate of drug-likeness (QED) is 0.856. The Bertz CT molecular complexity index is 358. The molecular formula is C16H25NO2. The van der Waals surface area contributed by atoms with Crippen LogP contribution in [0.4, 0.5) is 0 Å². The van der Waals surface area contributed by atoms with Gasteiger partial charge in [-0.3, -0.25) is 0 Å². The van der Waals surface area contributed by atoms with Crippen LogP contribution in [0.2, 0.25) is 0 Å². The number of nitrogens with one attached hydrogen (secondary N) is 1. The number of benzene rings is 1. The third-order valence-corrected chi connectivity index (χ3v) is 3.86. The molecule has 19 heavy (non-hydrogen) atoms. The lowest BCUT2D eigenvalue weighted by Gasteiger charge is -2.28. The van der Waals surface area contributed by atoms with E-state index in [0.29, 0.717) is 18.6 Å². The molecule has 1 aromatic carbocycles. The van der Waals surface area contributed by atoms with E-state index in [2.05, 4.69) is 36.5 Å². The van der Waals surface area contributed by atoms with Crippen LogP contribution < -0.4 is 5.32 Å². The molecule has 3 nitrogen and oxygen atoms in total. The zero-order valence-corrected chi connectivity index (χ0v) is 12.0. The van der Waals surface area contributed by atoms with Gasteiger partial charge in [0, 0.05) is 26.3 Å². The zero-order valence-electron chi connectivity index (χ0n) is 12.0. The van der Waals surface area contributed by atoms with Gasteiger partial charge in [-0.1, -0.05) is 24.3 Å². The number of ether oxygens (including phenoxy) is 2. The Labute approximate surface area is 116 Å². The summed E-state index contributed by atoms with van der Waals surface area (Å²) in [6.45, 7) is 5.71. The van der Waals surface area contributed by atoms with Crippen molar-refractivity contribution in [1.29, 1.82) is 0 Å². The Morgan fingerprint density at radius 2 is 2.05 bits per heavy atom.